The average molecular weight is 329 g/mol. The molecule has 2 N–H and O–H groups in total. The van der Waals surface area contributed by atoms with Crippen LogP contribution in [0.3, 0.4) is 0 Å². The number of carbonyl (C=O) groups excluding carboxylic acids is 1. The van der Waals surface area contributed by atoms with Crippen LogP contribution in [0.25, 0.3) is 10.2 Å². The molecule has 1 aromatic carbocycles. The van der Waals surface area contributed by atoms with Crippen molar-refractivity contribution in [3.05, 3.63) is 41.9 Å². The van der Waals surface area contributed by atoms with E-state index in [0.29, 0.717) is 0 Å². The van der Waals surface area contributed by atoms with E-state index in [2.05, 4.69) is 27.5 Å². The first kappa shape index (κ1) is 15.5. The SMILES string of the molecule is CCCC(NC(=O)Nc1ccc2ncsc2c1)c1nccn1C. The Labute approximate surface area is 138 Å². The number of hydrogen-bond donors (Lipinski definition) is 2. The van der Waals surface area contributed by atoms with Crippen LogP contribution >= 0.6 is 11.3 Å². The van der Waals surface area contributed by atoms with Gasteiger partial charge < -0.3 is 15.2 Å². The third kappa shape index (κ3) is 3.50. The van der Waals surface area contributed by atoms with Crippen LogP contribution in [-0.2, 0) is 7.05 Å². The van der Waals surface area contributed by atoms with E-state index in [0.717, 1.165) is 34.6 Å². The summed E-state index contributed by atoms with van der Waals surface area (Å²) >= 11 is 1.55. The van der Waals surface area contributed by atoms with Crippen molar-refractivity contribution >= 4 is 33.3 Å². The molecule has 0 radical (unpaired) electrons. The summed E-state index contributed by atoms with van der Waals surface area (Å²) in [4.78, 5) is 20.9. The van der Waals surface area contributed by atoms with Gasteiger partial charge in [-0.15, -0.1) is 11.3 Å². The molecule has 2 aromatic heterocycles. The molecule has 3 rings (SSSR count). The Hall–Kier alpha value is -2.41. The van der Waals surface area contributed by atoms with E-state index in [-0.39, 0.29) is 12.1 Å². The molecule has 0 bridgehead atoms. The predicted octanol–water partition coefficient (Wildman–Crippen LogP) is 3.69. The third-order valence-electron chi connectivity index (χ3n) is 3.64. The fourth-order valence-corrected chi connectivity index (χ4v) is 3.24. The van der Waals surface area contributed by atoms with Gasteiger partial charge in [-0.2, -0.15) is 0 Å². The monoisotopic (exact) mass is 329 g/mol. The molecule has 3 aromatic rings. The van der Waals surface area contributed by atoms with Gasteiger partial charge in [0.15, 0.2) is 0 Å². The molecule has 2 amide bonds. The van der Waals surface area contributed by atoms with E-state index >= 15 is 0 Å². The second-order valence-electron chi connectivity index (χ2n) is 5.37. The number of carbonyl (C=O) groups is 1. The van der Waals surface area contributed by atoms with Crippen LogP contribution in [0.5, 0.6) is 0 Å². The summed E-state index contributed by atoms with van der Waals surface area (Å²) in [6.45, 7) is 2.09. The van der Waals surface area contributed by atoms with Crippen LogP contribution in [0.4, 0.5) is 10.5 Å². The molecule has 0 saturated carbocycles. The fourth-order valence-electron chi connectivity index (χ4n) is 2.53. The first-order valence-corrected chi connectivity index (χ1v) is 8.43. The van der Waals surface area contributed by atoms with E-state index in [1.54, 1.807) is 23.0 Å². The van der Waals surface area contributed by atoms with Crippen molar-refractivity contribution in [3.63, 3.8) is 0 Å². The Kier molecular flexibility index (Phi) is 4.57. The minimum absolute atomic E-state index is 0.105. The Morgan fingerprint density at radius 3 is 3.00 bits per heavy atom. The number of nitrogens with one attached hydrogen (secondary N) is 2. The Bertz CT molecular complexity index is 810. The molecular weight excluding hydrogens is 310 g/mol. The van der Waals surface area contributed by atoms with Crippen LogP contribution in [0.15, 0.2) is 36.1 Å². The number of hydrogen-bond acceptors (Lipinski definition) is 4. The molecule has 6 nitrogen and oxygen atoms in total. The number of fused-ring (bicyclic) bond motifs is 1. The van der Waals surface area contributed by atoms with Gasteiger partial charge in [-0.05, 0) is 24.6 Å². The van der Waals surface area contributed by atoms with Crippen molar-refractivity contribution in [2.24, 2.45) is 7.05 Å². The highest BCUT2D eigenvalue weighted by Crippen LogP contribution is 2.22. The van der Waals surface area contributed by atoms with E-state index < -0.39 is 0 Å². The van der Waals surface area contributed by atoms with Gasteiger partial charge in [-0.1, -0.05) is 13.3 Å². The van der Waals surface area contributed by atoms with Crippen LogP contribution in [0.1, 0.15) is 31.6 Å². The fraction of sp³-hybridized carbons (Fsp3) is 0.312. The largest absolute Gasteiger partial charge is 0.336 e. The molecule has 0 spiro atoms. The number of anilines is 1. The lowest BCUT2D eigenvalue weighted by atomic mass is 10.1. The first-order chi connectivity index (χ1) is 11.2. The lowest BCUT2D eigenvalue weighted by molar-refractivity contribution is 0.247. The molecule has 1 unspecified atom stereocenters. The van der Waals surface area contributed by atoms with Crippen LogP contribution in [0, 0.1) is 0 Å². The molecule has 0 fully saturated rings. The van der Waals surface area contributed by atoms with Gasteiger partial charge >= 0.3 is 6.03 Å². The number of thiazole rings is 1. The lowest BCUT2D eigenvalue weighted by Crippen LogP contribution is -2.33. The number of rotatable bonds is 5. The maximum atomic E-state index is 12.3. The smallest absolute Gasteiger partial charge is 0.319 e. The predicted molar refractivity (Wildman–Crippen MR) is 92.6 cm³/mol. The number of aryl methyl sites for hydroxylation is 1. The molecule has 2 heterocycles. The van der Waals surface area contributed by atoms with Gasteiger partial charge in [0.25, 0.3) is 0 Å². The Morgan fingerprint density at radius 1 is 1.39 bits per heavy atom. The first-order valence-electron chi connectivity index (χ1n) is 7.55. The van der Waals surface area contributed by atoms with Crippen molar-refractivity contribution in [1.29, 1.82) is 0 Å². The molecular formula is C16H19N5OS. The maximum absolute atomic E-state index is 12.3. The standard InChI is InChI=1S/C16H19N5OS/c1-3-4-13(15-17-7-8-21(15)2)20-16(22)19-11-5-6-12-14(9-11)23-10-18-12/h5-10,13H,3-4H2,1-2H3,(H2,19,20,22). The topological polar surface area (TPSA) is 71.8 Å². The number of urea groups is 1. The molecule has 1 atom stereocenters. The second-order valence-corrected chi connectivity index (χ2v) is 6.26. The molecule has 0 saturated heterocycles. The van der Waals surface area contributed by atoms with Crippen molar-refractivity contribution in [2.75, 3.05) is 5.32 Å². The maximum Gasteiger partial charge on any atom is 0.319 e. The summed E-state index contributed by atoms with van der Waals surface area (Å²) in [5, 5.41) is 5.89. The Balaban J connectivity index is 1.70. The summed E-state index contributed by atoms with van der Waals surface area (Å²) in [6, 6.07) is 5.37. The zero-order valence-corrected chi connectivity index (χ0v) is 13.9. The normalized spacial score (nSPS) is 12.3. The summed E-state index contributed by atoms with van der Waals surface area (Å²) < 4.78 is 2.99. The number of amides is 2. The summed E-state index contributed by atoms with van der Waals surface area (Å²) in [6.07, 6.45) is 5.43. The molecule has 0 aliphatic rings. The van der Waals surface area contributed by atoms with Crippen molar-refractivity contribution in [1.82, 2.24) is 19.9 Å². The number of benzene rings is 1. The molecule has 0 aliphatic heterocycles. The zero-order valence-electron chi connectivity index (χ0n) is 13.1. The van der Waals surface area contributed by atoms with E-state index in [1.807, 2.05) is 36.0 Å². The minimum Gasteiger partial charge on any atom is -0.336 e. The number of nitrogens with zero attached hydrogens (tertiary/aromatic N) is 3. The van der Waals surface area contributed by atoms with Gasteiger partial charge in [-0.25, -0.2) is 14.8 Å². The third-order valence-corrected chi connectivity index (χ3v) is 4.43. The van der Waals surface area contributed by atoms with Gasteiger partial charge in [0.05, 0.1) is 21.8 Å². The summed E-state index contributed by atoms with van der Waals surface area (Å²) in [5.74, 6) is 0.861. The van der Waals surface area contributed by atoms with Gasteiger partial charge in [0, 0.05) is 25.1 Å². The average Bonchev–Trinajstić information content (AvgIpc) is 3.14. The number of aromatic nitrogens is 3. The summed E-state index contributed by atoms with van der Waals surface area (Å²) in [7, 11) is 1.93. The van der Waals surface area contributed by atoms with Gasteiger partial charge in [-0.3, -0.25) is 0 Å². The van der Waals surface area contributed by atoms with Crippen LogP contribution in [-0.4, -0.2) is 20.6 Å². The Morgan fingerprint density at radius 2 is 2.26 bits per heavy atom. The lowest BCUT2D eigenvalue weighted by Gasteiger charge is -2.18. The number of imidazole rings is 1. The van der Waals surface area contributed by atoms with Crippen molar-refractivity contribution < 1.29 is 4.79 Å². The molecule has 0 aliphatic carbocycles. The van der Waals surface area contributed by atoms with E-state index in [1.165, 1.54) is 0 Å². The quantitative estimate of drug-likeness (QED) is 0.750. The van der Waals surface area contributed by atoms with Crippen molar-refractivity contribution in [3.8, 4) is 0 Å². The van der Waals surface area contributed by atoms with Crippen molar-refractivity contribution in [2.45, 2.75) is 25.8 Å². The molecule has 7 heteroatoms. The zero-order chi connectivity index (χ0) is 16.2. The minimum atomic E-state index is -0.227. The molecule has 120 valence electrons. The highest BCUT2D eigenvalue weighted by atomic mass is 32.1. The van der Waals surface area contributed by atoms with Crippen LogP contribution in [0.2, 0.25) is 0 Å². The van der Waals surface area contributed by atoms with E-state index in [4.69, 9.17) is 0 Å². The van der Waals surface area contributed by atoms with Crippen LogP contribution < -0.4 is 10.6 Å². The van der Waals surface area contributed by atoms with Gasteiger partial charge in [0.2, 0.25) is 0 Å². The highest BCUT2D eigenvalue weighted by Gasteiger charge is 2.17. The van der Waals surface area contributed by atoms with Gasteiger partial charge in [0.1, 0.15) is 5.82 Å². The molecule has 23 heavy (non-hydrogen) atoms. The summed E-state index contributed by atoms with van der Waals surface area (Å²) in [5.41, 5.74) is 3.50. The highest BCUT2D eigenvalue weighted by molar-refractivity contribution is 7.16. The van der Waals surface area contributed by atoms with E-state index in [9.17, 15) is 4.79 Å². The second kappa shape index (κ2) is 6.78.